The van der Waals surface area contributed by atoms with Gasteiger partial charge in [-0.05, 0) is 6.92 Å². The van der Waals surface area contributed by atoms with E-state index in [1.807, 2.05) is 5.48 Å². The number of alkyl halides is 1. The molecule has 72 valence electrons. The first-order valence-corrected chi connectivity index (χ1v) is 4.42. The van der Waals surface area contributed by atoms with E-state index in [2.05, 4.69) is 9.82 Å². The first-order chi connectivity index (χ1) is 6.15. The number of rotatable bonds is 3. The second-order valence-electron chi connectivity index (χ2n) is 2.36. The number of hydrogen-bond acceptors (Lipinski definition) is 4. The van der Waals surface area contributed by atoms with Crippen LogP contribution >= 0.6 is 11.3 Å². The Balaban J connectivity index is 2.67. The number of carbonyl (C=O) groups excluding carboxylic acids is 1. The highest BCUT2D eigenvalue weighted by Gasteiger charge is 2.22. The average Bonchev–Trinajstić information content (AvgIpc) is 2.51. The second-order valence-corrected chi connectivity index (χ2v) is 3.25. The molecule has 0 aliphatic heterocycles. The molecule has 0 aliphatic carbocycles. The van der Waals surface area contributed by atoms with Crippen molar-refractivity contribution < 1.29 is 14.0 Å². The van der Waals surface area contributed by atoms with Gasteiger partial charge in [-0.15, -0.1) is 11.3 Å². The highest BCUT2D eigenvalue weighted by Crippen LogP contribution is 2.21. The van der Waals surface area contributed by atoms with E-state index in [9.17, 15) is 9.18 Å². The first kappa shape index (κ1) is 10.1. The Labute approximate surface area is 78.7 Å². The number of nitrogens with one attached hydrogen (secondary N) is 1. The second kappa shape index (κ2) is 4.29. The van der Waals surface area contributed by atoms with Gasteiger partial charge in [0.25, 0.3) is 5.91 Å². The predicted octanol–water partition coefficient (Wildman–Crippen LogP) is 1.14. The van der Waals surface area contributed by atoms with Crippen molar-refractivity contribution in [3.05, 3.63) is 16.1 Å². The van der Waals surface area contributed by atoms with Crippen LogP contribution < -0.4 is 5.48 Å². The van der Waals surface area contributed by atoms with Crippen molar-refractivity contribution in [3.63, 3.8) is 0 Å². The maximum atomic E-state index is 13.2. The SMILES string of the molecule is CONC(=O)C(F)c1nc(C)cs1. The summed E-state index contributed by atoms with van der Waals surface area (Å²) in [6.45, 7) is 1.74. The zero-order chi connectivity index (χ0) is 9.84. The molecule has 0 aromatic carbocycles. The van der Waals surface area contributed by atoms with E-state index in [-0.39, 0.29) is 5.01 Å². The molecule has 0 bridgehead atoms. The van der Waals surface area contributed by atoms with E-state index in [4.69, 9.17) is 0 Å². The van der Waals surface area contributed by atoms with Gasteiger partial charge in [-0.25, -0.2) is 14.9 Å². The van der Waals surface area contributed by atoms with Crippen molar-refractivity contribution in [2.75, 3.05) is 7.11 Å². The molecule has 13 heavy (non-hydrogen) atoms. The summed E-state index contributed by atoms with van der Waals surface area (Å²) >= 11 is 1.11. The third kappa shape index (κ3) is 2.46. The molecule has 1 aromatic rings. The molecule has 0 fully saturated rings. The molecule has 1 amide bonds. The van der Waals surface area contributed by atoms with Gasteiger partial charge in [0.1, 0.15) is 5.01 Å². The van der Waals surface area contributed by atoms with Crippen LogP contribution in [-0.4, -0.2) is 18.0 Å². The van der Waals surface area contributed by atoms with Crippen LogP contribution in [0.5, 0.6) is 0 Å². The predicted molar refractivity (Wildman–Crippen MR) is 45.9 cm³/mol. The maximum absolute atomic E-state index is 13.2. The fraction of sp³-hybridized carbons (Fsp3) is 0.429. The van der Waals surface area contributed by atoms with Crippen molar-refractivity contribution in [2.24, 2.45) is 0 Å². The lowest BCUT2D eigenvalue weighted by atomic mass is 10.4. The van der Waals surface area contributed by atoms with Gasteiger partial charge in [0.05, 0.1) is 7.11 Å². The molecular weight excluding hydrogens is 195 g/mol. The minimum atomic E-state index is -1.75. The van der Waals surface area contributed by atoms with Crippen LogP contribution in [0.15, 0.2) is 5.38 Å². The minimum Gasteiger partial charge on any atom is -0.277 e. The molecule has 0 aliphatic rings. The molecule has 1 atom stereocenters. The standard InChI is InChI=1S/C7H9FN2O2S/c1-4-3-13-7(9-4)5(8)6(11)10-12-2/h3,5H,1-2H3,(H,10,11). The summed E-state index contributed by atoms with van der Waals surface area (Å²) in [5, 5.41) is 1.83. The summed E-state index contributed by atoms with van der Waals surface area (Å²) in [5.74, 6) is -0.836. The van der Waals surface area contributed by atoms with Crippen LogP contribution in [0.25, 0.3) is 0 Å². The summed E-state index contributed by atoms with van der Waals surface area (Å²) < 4.78 is 13.2. The van der Waals surface area contributed by atoms with Gasteiger partial charge in [0, 0.05) is 11.1 Å². The van der Waals surface area contributed by atoms with Crippen LogP contribution in [-0.2, 0) is 9.63 Å². The summed E-state index contributed by atoms with van der Waals surface area (Å²) in [6.07, 6.45) is -1.75. The molecule has 1 aromatic heterocycles. The summed E-state index contributed by atoms with van der Waals surface area (Å²) in [4.78, 5) is 19.0. The minimum absolute atomic E-state index is 0.145. The Bertz CT molecular complexity index is 302. The number of hydrogen-bond donors (Lipinski definition) is 1. The molecular formula is C7H9FN2O2S. The molecule has 1 rings (SSSR count). The van der Waals surface area contributed by atoms with E-state index < -0.39 is 12.1 Å². The summed E-state index contributed by atoms with van der Waals surface area (Å²) in [7, 11) is 1.25. The third-order valence-corrected chi connectivity index (χ3v) is 2.29. The monoisotopic (exact) mass is 204 g/mol. The van der Waals surface area contributed by atoms with Crippen molar-refractivity contribution in [1.29, 1.82) is 0 Å². The zero-order valence-electron chi connectivity index (χ0n) is 7.20. The number of carbonyl (C=O) groups is 1. The molecule has 0 radical (unpaired) electrons. The van der Waals surface area contributed by atoms with Crippen LogP contribution in [0.4, 0.5) is 4.39 Å². The summed E-state index contributed by atoms with van der Waals surface area (Å²) in [6, 6.07) is 0. The van der Waals surface area contributed by atoms with Gasteiger partial charge < -0.3 is 0 Å². The van der Waals surface area contributed by atoms with Gasteiger partial charge in [0.15, 0.2) is 0 Å². The van der Waals surface area contributed by atoms with Crippen LogP contribution in [0.1, 0.15) is 16.9 Å². The van der Waals surface area contributed by atoms with Crippen LogP contribution in [0.2, 0.25) is 0 Å². The Kier molecular flexibility index (Phi) is 3.32. The first-order valence-electron chi connectivity index (χ1n) is 3.54. The smallest absolute Gasteiger partial charge is 0.277 e. The van der Waals surface area contributed by atoms with E-state index in [1.54, 1.807) is 12.3 Å². The molecule has 0 spiro atoms. The number of aromatic nitrogens is 1. The van der Waals surface area contributed by atoms with Crippen LogP contribution in [0.3, 0.4) is 0 Å². The average molecular weight is 204 g/mol. The lowest BCUT2D eigenvalue weighted by Gasteiger charge is -2.03. The van der Waals surface area contributed by atoms with Crippen LogP contribution in [0, 0.1) is 6.92 Å². The van der Waals surface area contributed by atoms with E-state index in [0.717, 1.165) is 11.3 Å². The number of amides is 1. The Morgan fingerprint density at radius 3 is 3.00 bits per heavy atom. The van der Waals surface area contributed by atoms with E-state index in [0.29, 0.717) is 5.69 Å². The van der Waals surface area contributed by atoms with Crippen molar-refractivity contribution in [2.45, 2.75) is 13.1 Å². The number of thiazole rings is 1. The third-order valence-electron chi connectivity index (χ3n) is 1.29. The summed E-state index contributed by atoms with van der Waals surface area (Å²) in [5.41, 5.74) is 2.61. The highest BCUT2D eigenvalue weighted by atomic mass is 32.1. The van der Waals surface area contributed by atoms with Crippen molar-refractivity contribution in [3.8, 4) is 0 Å². The fourth-order valence-corrected chi connectivity index (χ4v) is 1.52. The highest BCUT2D eigenvalue weighted by molar-refractivity contribution is 7.09. The molecule has 1 N–H and O–H groups in total. The van der Waals surface area contributed by atoms with E-state index in [1.165, 1.54) is 7.11 Å². The molecule has 1 heterocycles. The maximum Gasteiger partial charge on any atom is 0.285 e. The van der Waals surface area contributed by atoms with Gasteiger partial charge in [-0.1, -0.05) is 0 Å². The number of aryl methyl sites for hydroxylation is 1. The number of hydroxylamine groups is 1. The van der Waals surface area contributed by atoms with Crippen molar-refractivity contribution in [1.82, 2.24) is 10.5 Å². The Morgan fingerprint density at radius 2 is 2.54 bits per heavy atom. The normalized spacial score (nSPS) is 12.5. The number of nitrogens with zero attached hydrogens (tertiary/aromatic N) is 1. The molecule has 1 unspecified atom stereocenters. The quantitative estimate of drug-likeness (QED) is 0.751. The van der Waals surface area contributed by atoms with Gasteiger partial charge in [-0.3, -0.25) is 9.63 Å². The van der Waals surface area contributed by atoms with Gasteiger partial charge in [0.2, 0.25) is 6.17 Å². The lowest BCUT2D eigenvalue weighted by molar-refractivity contribution is -0.136. The Hall–Kier alpha value is -1.01. The largest absolute Gasteiger partial charge is 0.285 e. The van der Waals surface area contributed by atoms with Gasteiger partial charge >= 0.3 is 0 Å². The molecule has 6 heteroatoms. The van der Waals surface area contributed by atoms with E-state index >= 15 is 0 Å². The zero-order valence-corrected chi connectivity index (χ0v) is 8.02. The Morgan fingerprint density at radius 1 is 1.85 bits per heavy atom. The fourth-order valence-electron chi connectivity index (χ4n) is 0.753. The number of halogens is 1. The molecule has 4 nitrogen and oxygen atoms in total. The van der Waals surface area contributed by atoms with Gasteiger partial charge in [-0.2, -0.15) is 0 Å². The molecule has 0 saturated heterocycles. The molecule has 0 saturated carbocycles. The van der Waals surface area contributed by atoms with Crippen molar-refractivity contribution >= 4 is 17.2 Å². The lowest BCUT2D eigenvalue weighted by Crippen LogP contribution is -2.26. The topological polar surface area (TPSA) is 51.2 Å².